The Kier molecular flexibility index (Phi) is 5.85. The molecule has 5 rings (SSSR count). The molecule has 1 aromatic carbocycles. The number of carbonyl (C=O) groups is 2. The number of anilines is 1. The molecule has 2 fully saturated rings. The van der Waals surface area contributed by atoms with Gasteiger partial charge in [0.25, 0.3) is 11.5 Å². The first-order valence-electron chi connectivity index (χ1n) is 11.5. The topological polar surface area (TPSA) is 91.9 Å². The van der Waals surface area contributed by atoms with Crippen LogP contribution >= 0.6 is 0 Å². The zero-order valence-corrected chi connectivity index (χ0v) is 18.5. The van der Waals surface area contributed by atoms with Crippen molar-refractivity contribution in [1.82, 2.24) is 19.4 Å². The monoisotopic (exact) mass is 449 g/mol. The number of furan rings is 1. The predicted molar refractivity (Wildman–Crippen MR) is 123 cm³/mol. The molecule has 172 valence electrons. The molecule has 9 heteroatoms. The number of aryl methyl sites for hydroxylation is 1. The summed E-state index contributed by atoms with van der Waals surface area (Å²) in [6.07, 6.45) is 3.81. The Balaban J connectivity index is 1.27. The third kappa shape index (κ3) is 4.22. The molecule has 2 saturated heterocycles. The van der Waals surface area contributed by atoms with Gasteiger partial charge in [-0.25, -0.2) is 4.98 Å². The first-order valence-corrected chi connectivity index (χ1v) is 11.5. The first-order chi connectivity index (χ1) is 16.1. The first kappa shape index (κ1) is 21.2. The number of fused-ring (bicyclic) bond motifs is 1. The van der Waals surface area contributed by atoms with E-state index in [1.54, 1.807) is 26.5 Å². The summed E-state index contributed by atoms with van der Waals surface area (Å²) in [4.78, 5) is 48.8. The molecule has 3 aromatic rings. The number of hydrogen-bond donors (Lipinski definition) is 0. The van der Waals surface area contributed by atoms with E-state index >= 15 is 0 Å². The normalized spacial score (nSPS) is 16.5. The van der Waals surface area contributed by atoms with Gasteiger partial charge in [0.15, 0.2) is 11.6 Å². The number of amides is 2. The quantitative estimate of drug-likeness (QED) is 0.591. The minimum Gasteiger partial charge on any atom is -0.459 e. The van der Waals surface area contributed by atoms with E-state index in [2.05, 4.69) is 4.98 Å². The summed E-state index contributed by atoms with van der Waals surface area (Å²) < 4.78 is 6.88. The van der Waals surface area contributed by atoms with Gasteiger partial charge in [0, 0.05) is 52.2 Å². The number of para-hydroxylation sites is 2. The summed E-state index contributed by atoms with van der Waals surface area (Å²) in [6, 6.07) is 10.9. The Morgan fingerprint density at radius 3 is 2.36 bits per heavy atom. The van der Waals surface area contributed by atoms with Gasteiger partial charge < -0.3 is 23.7 Å². The molecule has 33 heavy (non-hydrogen) atoms. The Morgan fingerprint density at radius 2 is 1.64 bits per heavy atom. The summed E-state index contributed by atoms with van der Waals surface area (Å²) in [5.74, 6) is 0.614. The van der Waals surface area contributed by atoms with Gasteiger partial charge in [-0.3, -0.25) is 14.4 Å². The molecule has 2 aliphatic rings. The van der Waals surface area contributed by atoms with Crippen LogP contribution < -0.4 is 10.5 Å². The number of aromatic nitrogens is 2. The summed E-state index contributed by atoms with van der Waals surface area (Å²) in [6.45, 7) is 3.83. The van der Waals surface area contributed by atoms with Crippen molar-refractivity contribution >= 4 is 28.7 Å². The average Bonchev–Trinajstić information content (AvgIpc) is 3.57. The number of benzene rings is 1. The summed E-state index contributed by atoms with van der Waals surface area (Å²) in [7, 11) is 0. The molecule has 2 aromatic heterocycles. The SMILES string of the molecule is O=C(CCn1c(=O)c(N2CCCC2)nc2ccccc21)N1CCN(C(=O)c2ccco2)CC1. The van der Waals surface area contributed by atoms with Crippen LogP contribution in [-0.4, -0.2) is 70.4 Å². The fraction of sp³-hybridized carbons (Fsp3) is 0.417. The van der Waals surface area contributed by atoms with Crippen LogP contribution in [0, 0.1) is 0 Å². The second-order valence-electron chi connectivity index (χ2n) is 8.48. The van der Waals surface area contributed by atoms with E-state index in [0.717, 1.165) is 37.0 Å². The number of carbonyl (C=O) groups excluding carboxylic acids is 2. The van der Waals surface area contributed by atoms with E-state index in [4.69, 9.17) is 4.42 Å². The van der Waals surface area contributed by atoms with Crippen LogP contribution in [0.4, 0.5) is 5.82 Å². The van der Waals surface area contributed by atoms with Gasteiger partial charge in [-0.15, -0.1) is 0 Å². The second-order valence-corrected chi connectivity index (χ2v) is 8.48. The van der Waals surface area contributed by atoms with Gasteiger partial charge in [-0.05, 0) is 37.1 Å². The van der Waals surface area contributed by atoms with E-state index in [1.165, 1.54) is 6.26 Å². The van der Waals surface area contributed by atoms with Gasteiger partial charge >= 0.3 is 0 Å². The Bertz CT molecular complexity index is 1210. The standard InChI is InChI=1S/C24H27N5O4/c30-21(26-13-15-28(16-14-26)23(31)20-8-5-17-33-20)9-12-29-19-7-2-1-6-18(19)25-22(24(29)32)27-10-3-4-11-27/h1-2,5-8,17H,3-4,9-16H2. The summed E-state index contributed by atoms with van der Waals surface area (Å²) in [5, 5.41) is 0. The highest BCUT2D eigenvalue weighted by atomic mass is 16.3. The molecule has 2 aliphatic heterocycles. The molecule has 0 N–H and O–H groups in total. The predicted octanol–water partition coefficient (Wildman–Crippen LogP) is 1.96. The Labute approximate surface area is 191 Å². The smallest absolute Gasteiger partial charge is 0.294 e. The van der Waals surface area contributed by atoms with E-state index in [0.29, 0.717) is 44.3 Å². The van der Waals surface area contributed by atoms with Crippen LogP contribution in [0.25, 0.3) is 11.0 Å². The lowest BCUT2D eigenvalue weighted by molar-refractivity contribution is -0.132. The highest BCUT2D eigenvalue weighted by molar-refractivity contribution is 5.91. The second kappa shape index (κ2) is 9.09. The number of nitrogens with zero attached hydrogens (tertiary/aromatic N) is 5. The molecular formula is C24H27N5O4. The molecular weight excluding hydrogens is 422 g/mol. The van der Waals surface area contributed by atoms with Gasteiger partial charge in [-0.2, -0.15) is 0 Å². The van der Waals surface area contributed by atoms with Crippen molar-refractivity contribution in [2.24, 2.45) is 0 Å². The van der Waals surface area contributed by atoms with Gasteiger partial charge in [0.1, 0.15) is 0 Å². The van der Waals surface area contributed by atoms with Gasteiger partial charge in [0.05, 0.1) is 17.3 Å². The third-order valence-electron chi connectivity index (χ3n) is 6.44. The highest BCUT2D eigenvalue weighted by Crippen LogP contribution is 2.19. The van der Waals surface area contributed by atoms with Crippen LogP contribution in [0.2, 0.25) is 0 Å². The van der Waals surface area contributed by atoms with Crippen LogP contribution in [0.1, 0.15) is 29.8 Å². The molecule has 9 nitrogen and oxygen atoms in total. The summed E-state index contributed by atoms with van der Waals surface area (Å²) in [5.41, 5.74) is 1.36. The lowest BCUT2D eigenvalue weighted by Crippen LogP contribution is -2.50. The van der Waals surface area contributed by atoms with E-state index in [9.17, 15) is 14.4 Å². The zero-order valence-electron chi connectivity index (χ0n) is 18.5. The van der Waals surface area contributed by atoms with E-state index in [1.807, 2.05) is 29.2 Å². The zero-order chi connectivity index (χ0) is 22.8. The fourth-order valence-electron chi connectivity index (χ4n) is 4.62. The van der Waals surface area contributed by atoms with Crippen LogP contribution in [0.5, 0.6) is 0 Å². The number of hydrogen-bond acceptors (Lipinski definition) is 6. The van der Waals surface area contributed by atoms with Crippen molar-refractivity contribution in [3.8, 4) is 0 Å². The molecule has 0 aliphatic carbocycles. The molecule has 0 saturated carbocycles. The van der Waals surface area contributed by atoms with Crippen molar-refractivity contribution in [3.05, 3.63) is 58.8 Å². The molecule has 0 atom stereocenters. The number of rotatable bonds is 5. The van der Waals surface area contributed by atoms with Crippen molar-refractivity contribution in [2.45, 2.75) is 25.8 Å². The molecule has 2 amide bonds. The fourth-order valence-corrected chi connectivity index (χ4v) is 4.62. The molecule has 0 radical (unpaired) electrons. The van der Waals surface area contributed by atoms with E-state index in [-0.39, 0.29) is 23.8 Å². The van der Waals surface area contributed by atoms with Crippen LogP contribution in [-0.2, 0) is 11.3 Å². The average molecular weight is 450 g/mol. The largest absolute Gasteiger partial charge is 0.459 e. The lowest BCUT2D eigenvalue weighted by atomic mass is 10.2. The molecule has 4 heterocycles. The number of piperazine rings is 1. The van der Waals surface area contributed by atoms with Crippen molar-refractivity contribution < 1.29 is 14.0 Å². The highest BCUT2D eigenvalue weighted by Gasteiger charge is 2.26. The minimum atomic E-state index is -0.156. The molecule has 0 spiro atoms. The van der Waals surface area contributed by atoms with Gasteiger partial charge in [-0.1, -0.05) is 12.1 Å². The van der Waals surface area contributed by atoms with Crippen molar-refractivity contribution in [2.75, 3.05) is 44.2 Å². The van der Waals surface area contributed by atoms with Crippen LogP contribution in [0.15, 0.2) is 51.9 Å². The Morgan fingerprint density at radius 1 is 0.909 bits per heavy atom. The Hall–Kier alpha value is -3.62. The molecule has 0 bridgehead atoms. The van der Waals surface area contributed by atoms with Gasteiger partial charge in [0.2, 0.25) is 5.91 Å². The minimum absolute atomic E-state index is 0.0180. The molecule has 0 unspecified atom stereocenters. The van der Waals surface area contributed by atoms with Crippen molar-refractivity contribution in [1.29, 1.82) is 0 Å². The van der Waals surface area contributed by atoms with E-state index < -0.39 is 0 Å². The lowest BCUT2D eigenvalue weighted by Gasteiger charge is -2.34. The third-order valence-corrected chi connectivity index (χ3v) is 6.44. The van der Waals surface area contributed by atoms with Crippen molar-refractivity contribution in [3.63, 3.8) is 0 Å². The maximum Gasteiger partial charge on any atom is 0.294 e. The maximum atomic E-state index is 13.3. The summed E-state index contributed by atoms with van der Waals surface area (Å²) >= 11 is 0. The maximum absolute atomic E-state index is 13.3. The van der Waals surface area contributed by atoms with Crippen LogP contribution in [0.3, 0.4) is 0 Å².